The Balaban J connectivity index is 1.62. The second-order valence-corrected chi connectivity index (χ2v) is 9.22. The van der Waals surface area contributed by atoms with Gasteiger partial charge in [0.2, 0.25) is 11.7 Å². The summed E-state index contributed by atoms with van der Waals surface area (Å²) in [7, 11) is 0. The molecule has 4 rings (SSSR count). The van der Waals surface area contributed by atoms with E-state index in [0.29, 0.717) is 33.4 Å². The zero-order valence-corrected chi connectivity index (χ0v) is 18.3. The van der Waals surface area contributed by atoms with E-state index in [1.165, 1.54) is 29.2 Å². The van der Waals surface area contributed by atoms with Crippen molar-refractivity contribution in [3.05, 3.63) is 51.4 Å². The molecule has 10 heteroatoms. The molecule has 1 amide bonds. The highest BCUT2D eigenvalue weighted by Gasteiger charge is 2.19. The zero-order chi connectivity index (χ0) is 21.4. The normalized spacial score (nSPS) is 11.6. The first-order chi connectivity index (χ1) is 14.3. The van der Waals surface area contributed by atoms with Crippen molar-refractivity contribution in [1.29, 1.82) is 0 Å². The van der Waals surface area contributed by atoms with Crippen molar-refractivity contribution >= 4 is 50.7 Å². The molecule has 0 bridgehead atoms. The van der Waals surface area contributed by atoms with Gasteiger partial charge in [-0.3, -0.25) is 18.6 Å². The lowest BCUT2D eigenvalue weighted by Gasteiger charge is -2.11. The highest BCUT2D eigenvalue weighted by Crippen LogP contribution is 2.25. The largest absolute Gasteiger partial charge is 0.325 e. The molecule has 1 N–H and O–H groups in total. The molecule has 0 atom stereocenters. The number of anilines is 1. The SMILES string of the molecule is Cc1ccc(NC(=O)CSc2nnc3n(CC(C)C)c(=O)c4sccc4n23)cc1F. The summed E-state index contributed by atoms with van der Waals surface area (Å²) in [5.41, 5.74) is 1.57. The number of aromatic nitrogens is 4. The fourth-order valence-electron chi connectivity index (χ4n) is 3.12. The first-order valence-electron chi connectivity index (χ1n) is 9.39. The van der Waals surface area contributed by atoms with Crippen LogP contribution in [0.15, 0.2) is 39.6 Å². The van der Waals surface area contributed by atoms with E-state index in [1.807, 2.05) is 29.7 Å². The number of hydrogen-bond donors (Lipinski definition) is 1. The molecule has 0 unspecified atom stereocenters. The number of rotatable bonds is 6. The molecule has 0 spiro atoms. The van der Waals surface area contributed by atoms with Crippen LogP contribution in [-0.4, -0.2) is 30.8 Å². The number of aryl methyl sites for hydroxylation is 1. The number of carbonyl (C=O) groups excluding carboxylic acids is 1. The average molecular weight is 446 g/mol. The Morgan fingerprint density at radius 1 is 1.30 bits per heavy atom. The minimum absolute atomic E-state index is 0.0746. The summed E-state index contributed by atoms with van der Waals surface area (Å²) in [6, 6.07) is 6.43. The van der Waals surface area contributed by atoms with E-state index in [4.69, 9.17) is 0 Å². The third-order valence-electron chi connectivity index (χ3n) is 4.52. The maximum Gasteiger partial charge on any atom is 0.272 e. The first-order valence-corrected chi connectivity index (χ1v) is 11.3. The molecule has 0 saturated heterocycles. The Kier molecular flexibility index (Phi) is 5.61. The number of fused-ring (bicyclic) bond motifs is 3. The van der Waals surface area contributed by atoms with Crippen LogP contribution >= 0.6 is 23.1 Å². The Morgan fingerprint density at radius 3 is 2.83 bits per heavy atom. The smallest absolute Gasteiger partial charge is 0.272 e. The molecule has 0 radical (unpaired) electrons. The predicted molar refractivity (Wildman–Crippen MR) is 118 cm³/mol. The third kappa shape index (κ3) is 3.84. The van der Waals surface area contributed by atoms with E-state index in [2.05, 4.69) is 15.5 Å². The third-order valence-corrected chi connectivity index (χ3v) is 6.34. The van der Waals surface area contributed by atoms with E-state index < -0.39 is 0 Å². The molecule has 3 heterocycles. The summed E-state index contributed by atoms with van der Waals surface area (Å²) in [6.45, 7) is 6.26. The summed E-state index contributed by atoms with van der Waals surface area (Å²) in [5, 5.41) is 13.5. The van der Waals surface area contributed by atoms with Crippen molar-refractivity contribution in [2.45, 2.75) is 32.5 Å². The van der Waals surface area contributed by atoms with Crippen molar-refractivity contribution in [3.63, 3.8) is 0 Å². The molecule has 0 aliphatic heterocycles. The lowest BCUT2D eigenvalue weighted by atomic mass is 10.2. The van der Waals surface area contributed by atoms with Gasteiger partial charge in [-0.15, -0.1) is 21.5 Å². The van der Waals surface area contributed by atoms with Gasteiger partial charge < -0.3 is 5.32 Å². The first kappa shape index (κ1) is 20.5. The van der Waals surface area contributed by atoms with Crippen LogP contribution in [0.3, 0.4) is 0 Å². The van der Waals surface area contributed by atoms with Crippen molar-refractivity contribution in [1.82, 2.24) is 19.2 Å². The van der Waals surface area contributed by atoms with Crippen LogP contribution in [0.2, 0.25) is 0 Å². The molecular weight excluding hydrogens is 425 g/mol. The fraction of sp³-hybridized carbons (Fsp3) is 0.300. The molecular formula is C20H20FN5O2S2. The number of nitrogens with zero attached hydrogens (tertiary/aromatic N) is 4. The van der Waals surface area contributed by atoms with Gasteiger partial charge in [0.1, 0.15) is 10.5 Å². The Morgan fingerprint density at radius 2 is 2.10 bits per heavy atom. The summed E-state index contributed by atoms with van der Waals surface area (Å²) >= 11 is 2.59. The second-order valence-electron chi connectivity index (χ2n) is 7.36. The molecule has 0 fully saturated rings. The number of thiophene rings is 1. The van der Waals surface area contributed by atoms with Crippen LogP contribution in [0, 0.1) is 18.7 Å². The standard InChI is InChI=1S/C20H20FN5O2S2/c1-11(2)9-25-18(28)17-15(6-7-29-17)26-19(25)23-24-20(26)30-10-16(27)22-13-5-4-12(3)14(21)8-13/h4-8,11H,9-10H2,1-3H3,(H,22,27). The van der Waals surface area contributed by atoms with E-state index >= 15 is 0 Å². The van der Waals surface area contributed by atoms with Crippen molar-refractivity contribution in [2.75, 3.05) is 11.1 Å². The Hall–Kier alpha value is -2.72. The molecule has 0 aliphatic carbocycles. The number of halogens is 1. The molecule has 4 aromatic rings. The van der Waals surface area contributed by atoms with Crippen LogP contribution < -0.4 is 10.9 Å². The van der Waals surface area contributed by atoms with Crippen LogP contribution in [0.1, 0.15) is 19.4 Å². The van der Waals surface area contributed by atoms with Gasteiger partial charge in [0, 0.05) is 12.2 Å². The number of hydrogen-bond acceptors (Lipinski definition) is 6. The van der Waals surface area contributed by atoms with Crippen LogP contribution in [0.25, 0.3) is 16.0 Å². The maximum absolute atomic E-state index is 13.7. The molecule has 30 heavy (non-hydrogen) atoms. The van der Waals surface area contributed by atoms with Gasteiger partial charge in [0.25, 0.3) is 5.56 Å². The maximum atomic E-state index is 13.7. The second kappa shape index (κ2) is 8.19. The number of amides is 1. The highest BCUT2D eigenvalue weighted by molar-refractivity contribution is 7.99. The Labute approximate surface area is 179 Å². The molecule has 0 aliphatic rings. The monoisotopic (exact) mass is 445 g/mol. The number of thioether (sulfide) groups is 1. The van der Waals surface area contributed by atoms with Crippen molar-refractivity contribution in [3.8, 4) is 0 Å². The molecule has 0 saturated carbocycles. The van der Waals surface area contributed by atoms with Gasteiger partial charge in [0.05, 0.1) is 11.3 Å². The van der Waals surface area contributed by atoms with Gasteiger partial charge in [-0.1, -0.05) is 31.7 Å². The number of benzene rings is 1. The lowest BCUT2D eigenvalue weighted by molar-refractivity contribution is -0.113. The van der Waals surface area contributed by atoms with Crippen molar-refractivity contribution < 1.29 is 9.18 Å². The summed E-state index contributed by atoms with van der Waals surface area (Å²) in [4.78, 5) is 25.2. The summed E-state index contributed by atoms with van der Waals surface area (Å²) in [5.74, 6) is 0.148. The fourth-order valence-corrected chi connectivity index (χ4v) is 4.69. The van der Waals surface area contributed by atoms with Crippen molar-refractivity contribution in [2.24, 2.45) is 5.92 Å². The minimum atomic E-state index is -0.369. The minimum Gasteiger partial charge on any atom is -0.325 e. The quantitative estimate of drug-likeness (QED) is 0.455. The summed E-state index contributed by atoms with van der Waals surface area (Å²) in [6.07, 6.45) is 0. The van der Waals surface area contributed by atoms with E-state index in [0.717, 1.165) is 5.52 Å². The van der Waals surface area contributed by atoms with E-state index in [1.54, 1.807) is 23.6 Å². The molecule has 156 valence electrons. The van der Waals surface area contributed by atoms with Gasteiger partial charge in [-0.05, 0) is 42.0 Å². The number of carbonyl (C=O) groups is 1. The molecule has 1 aromatic carbocycles. The summed E-state index contributed by atoms with van der Waals surface area (Å²) < 4.78 is 17.8. The van der Waals surface area contributed by atoms with Crippen LogP contribution in [0.5, 0.6) is 0 Å². The van der Waals surface area contributed by atoms with E-state index in [9.17, 15) is 14.0 Å². The van der Waals surface area contributed by atoms with Gasteiger partial charge >= 0.3 is 0 Å². The molecule has 7 nitrogen and oxygen atoms in total. The Bertz CT molecular complexity index is 1310. The van der Waals surface area contributed by atoms with E-state index in [-0.39, 0.29) is 29.0 Å². The number of nitrogens with one attached hydrogen (secondary N) is 1. The zero-order valence-electron chi connectivity index (χ0n) is 16.7. The highest BCUT2D eigenvalue weighted by atomic mass is 32.2. The van der Waals surface area contributed by atoms with Gasteiger partial charge in [-0.2, -0.15) is 0 Å². The average Bonchev–Trinajstić information content (AvgIpc) is 3.33. The van der Waals surface area contributed by atoms with Crippen LogP contribution in [0.4, 0.5) is 10.1 Å². The topological polar surface area (TPSA) is 81.3 Å². The van der Waals surface area contributed by atoms with Gasteiger partial charge in [0.15, 0.2) is 5.16 Å². The lowest BCUT2D eigenvalue weighted by Crippen LogP contribution is -2.24. The van der Waals surface area contributed by atoms with Gasteiger partial charge in [-0.25, -0.2) is 4.39 Å². The molecule has 3 aromatic heterocycles. The van der Waals surface area contributed by atoms with Crippen LogP contribution in [-0.2, 0) is 11.3 Å². The predicted octanol–water partition coefficient (Wildman–Crippen LogP) is 3.94.